The van der Waals surface area contributed by atoms with Crippen LogP contribution in [0.4, 0.5) is 4.79 Å². The molecule has 0 saturated carbocycles. The summed E-state index contributed by atoms with van der Waals surface area (Å²) >= 11 is 0. The minimum atomic E-state index is -0.252. The van der Waals surface area contributed by atoms with Gasteiger partial charge in [0.15, 0.2) is 0 Å². The quantitative estimate of drug-likeness (QED) is 0.724. The Hall–Kier alpha value is -2.82. The summed E-state index contributed by atoms with van der Waals surface area (Å²) in [7, 11) is 1.44. The lowest BCUT2D eigenvalue weighted by atomic mass is 10.0. The summed E-state index contributed by atoms with van der Waals surface area (Å²) in [6.07, 6.45) is 3.51. The van der Waals surface area contributed by atoms with E-state index in [1.165, 1.54) is 34.8 Å². The SMILES string of the molecule is COC(=O)N1CCc2c(c3ccccc3n2CCc2ccc(C)nc2)C1. The molecule has 1 aromatic carbocycles. The molecule has 4 rings (SSSR count). The molecular formula is C21H23N3O2. The van der Waals surface area contributed by atoms with Crippen molar-refractivity contribution in [3.05, 3.63) is 65.1 Å². The molecule has 0 fully saturated rings. The molecule has 5 heteroatoms. The third-order valence-electron chi connectivity index (χ3n) is 5.19. The Morgan fingerprint density at radius 3 is 2.85 bits per heavy atom. The molecule has 1 aliphatic heterocycles. The lowest BCUT2D eigenvalue weighted by Crippen LogP contribution is -2.36. The number of carbonyl (C=O) groups is 1. The van der Waals surface area contributed by atoms with Crippen molar-refractivity contribution in [1.82, 2.24) is 14.5 Å². The van der Waals surface area contributed by atoms with Crippen molar-refractivity contribution in [1.29, 1.82) is 0 Å². The van der Waals surface area contributed by atoms with Gasteiger partial charge in [-0.2, -0.15) is 0 Å². The molecule has 0 atom stereocenters. The third-order valence-corrected chi connectivity index (χ3v) is 5.19. The van der Waals surface area contributed by atoms with Crippen LogP contribution in [0.15, 0.2) is 42.6 Å². The number of nitrogens with zero attached hydrogens (tertiary/aromatic N) is 3. The van der Waals surface area contributed by atoms with Crippen LogP contribution in [0.1, 0.15) is 22.5 Å². The van der Waals surface area contributed by atoms with Gasteiger partial charge in [0.2, 0.25) is 0 Å². The first-order valence-electron chi connectivity index (χ1n) is 9.01. The molecule has 0 aliphatic carbocycles. The van der Waals surface area contributed by atoms with Crippen molar-refractivity contribution in [3.63, 3.8) is 0 Å². The van der Waals surface area contributed by atoms with E-state index in [0.29, 0.717) is 13.1 Å². The Morgan fingerprint density at radius 1 is 1.23 bits per heavy atom. The molecule has 0 unspecified atom stereocenters. The summed E-state index contributed by atoms with van der Waals surface area (Å²) in [6, 6.07) is 12.7. The van der Waals surface area contributed by atoms with Crippen molar-refractivity contribution >= 4 is 17.0 Å². The van der Waals surface area contributed by atoms with Crippen molar-refractivity contribution < 1.29 is 9.53 Å². The fraction of sp³-hybridized carbons (Fsp3) is 0.333. The van der Waals surface area contributed by atoms with Gasteiger partial charge in [-0.3, -0.25) is 4.98 Å². The second kappa shape index (κ2) is 6.83. The van der Waals surface area contributed by atoms with Crippen molar-refractivity contribution in [2.45, 2.75) is 32.9 Å². The predicted molar refractivity (Wildman–Crippen MR) is 101 cm³/mol. The van der Waals surface area contributed by atoms with Crippen molar-refractivity contribution in [2.75, 3.05) is 13.7 Å². The fourth-order valence-electron chi connectivity index (χ4n) is 3.83. The molecular weight excluding hydrogens is 326 g/mol. The van der Waals surface area contributed by atoms with Crippen LogP contribution < -0.4 is 0 Å². The average molecular weight is 349 g/mol. The van der Waals surface area contributed by atoms with Crippen LogP contribution in [0, 0.1) is 6.92 Å². The zero-order chi connectivity index (χ0) is 18.1. The van der Waals surface area contributed by atoms with Crippen molar-refractivity contribution in [2.24, 2.45) is 0 Å². The molecule has 1 amide bonds. The van der Waals surface area contributed by atoms with Gasteiger partial charge < -0.3 is 14.2 Å². The molecule has 3 aromatic rings. The van der Waals surface area contributed by atoms with Crippen LogP contribution in [0.5, 0.6) is 0 Å². The van der Waals surface area contributed by atoms with E-state index in [1.807, 2.05) is 13.1 Å². The second-order valence-corrected chi connectivity index (χ2v) is 6.79. The van der Waals surface area contributed by atoms with Gasteiger partial charge in [0, 0.05) is 53.6 Å². The topological polar surface area (TPSA) is 47.4 Å². The molecule has 0 spiro atoms. The summed E-state index contributed by atoms with van der Waals surface area (Å²) in [6.45, 7) is 4.23. The van der Waals surface area contributed by atoms with Gasteiger partial charge in [-0.15, -0.1) is 0 Å². The maximum absolute atomic E-state index is 11.9. The van der Waals surface area contributed by atoms with E-state index in [1.54, 1.807) is 4.90 Å². The lowest BCUT2D eigenvalue weighted by Gasteiger charge is -2.27. The first kappa shape index (κ1) is 16.6. The predicted octanol–water partition coefficient (Wildman–Crippen LogP) is 3.71. The van der Waals surface area contributed by atoms with Gasteiger partial charge in [-0.05, 0) is 31.0 Å². The Morgan fingerprint density at radius 2 is 2.08 bits per heavy atom. The Bertz CT molecular complexity index is 944. The van der Waals surface area contributed by atoms with Crippen LogP contribution in [-0.4, -0.2) is 34.2 Å². The standard InChI is InChI=1S/C21H23N3O2/c1-15-7-8-16(13-22-15)9-12-24-19-6-4-3-5-17(19)18-14-23(21(25)26-2)11-10-20(18)24/h3-8,13H,9-12,14H2,1-2H3. The van der Waals surface area contributed by atoms with E-state index in [-0.39, 0.29) is 6.09 Å². The van der Waals surface area contributed by atoms with Crippen LogP contribution in [-0.2, 0) is 30.7 Å². The van der Waals surface area contributed by atoms with Crippen LogP contribution in [0.25, 0.3) is 10.9 Å². The maximum atomic E-state index is 11.9. The van der Waals surface area contributed by atoms with E-state index in [4.69, 9.17) is 4.74 Å². The lowest BCUT2D eigenvalue weighted by molar-refractivity contribution is 0.118. The normalized spacial score (nSPS) is 13.7. The van der Waals surface area contributed by atoms with Gasteiger partial charge in [-0.1, -0.05) is 24.3 Å². The number of fused-ring (bicyclic) bond motifs is 3. The third kappa shape index (κ3) is 2.94. The molecule has 0 N–H and O–H groups in total. The number of aryl methyl sites for hydroxylation is 3. The first-order valence-corrected chi connectivity index (χ1v) is 9.01. The van der Waals surface area contributed by atoms with Gasteiger partial charge in [-0.25, -0.2) is 4.79 Å². The highest BCUT2D eigenvalue weighted by molar-refractivity contribution is 5.86. The number of ether oxygens (including phenoxy) is 1. The maximum Gasteiger partial charge on any atom is 0.409 e. The minimum absolute atomic E-state index is 0.252. The second-order valence-electron chi connectivity index (χ2n) is 6.79. The molecule has 2 aromatic heterocycles. The average Bonchev–Trinajstić information content (AvgIpc) is 3.00. The largest absolute Gasteiger partial charge is 0.453 e. The van der Waals surface area contributed by atoms with E-state index in [0.717, 1.165) is 25.1 Å². The van der Waals surface area contributed by atoms with Crippen molar-refractivity contribution in [3.8, 4) is 0 Å². The van der Waals surface area contributed by atoms with Gasteiger partial charge in [0.1, 0.15) is 0 Å². The summed E-state index contributed by atoms with van der Waals surface area (Å²) in [5.41, 5.74) is 6.12. The van der Waals surface area contributed by atoms with Crippen LogP contribution in [0.2, 0.25) is 0 Å². The number of hydrogen-bond donors (Lipinski definition) is 0. The van der Waals surface area contributed by atoms with Gasteiger partial charge >= 0.3 is 6.09 Å². The Balaban J connectivity index is 1.67. The smallest absolute Gasteiger partial charge is 0.409 e. The van der Waals surface area contributed by atoms with E-state index < -0.39 is 0 Å². The summed E-state index contributed by atoms with van der Waals surface area (Å²) in [5, 5.41) is 1.23. The number of benzene rings is 1. The fourth-order valence-corrected chi connectivity index (χ4v) is 3.83. The molecule has 1 aliphatic rings. The highest BCUT2D eigenvalue weighted by atomic mass is 16.5. The Labute approximate surface area is 153 Å². The number of methoxy groups -OCH3 is 1. The molecule has 0 saturated heterocycles. The van der Waals surface area contributed by atoms with E-state index in [9.17, 15) is 4.79 Å². The van der Waals surface area contributed by atoms with E-state index >= 15 is 0 Å². The number of para-hydroxylation sites is 1. The zero-order valence-corrected chi connectivity index (χ0v) is 15.2. The Kier molecular flexibility index (Phi) is 4.37. The molecule has 26 heavy (non-hydrogen) atoms. The first-order chi connectivity index (χ1) is 12.7. The highest BCUT2D eigenvalue weighted by Crippen LogP contribution is 2.31. The monoisotopic (exact) mass is 349 g/mol. The summed E-state index contributed by atoms with van der Waals surface area (Å²) < 4.78 is 7.33. The molecule has 0 bridgehead atoms. The van der Waals surface area contributed by atoms with E-state index in [2.05, 4.69) is 45.9 Å². The highest BCUT2D eigenvalue weighted by Gasteiger charge is 2.26. The molecule has 134 valence electrons. The number of amides is 1. The summed E-state index contributed by atoms with van der Waals surface area (Å²) in [5.74, 6) is 0. The van der Waals surface area contributed by atoms with Gasteiger partial charge in [0.05, 0.1) is 13.7 Å². The number of carbonyl (C=O) groups excluding carboxylic acids is 1. The molecule has 0 radical (unpaired) electrons. The minimum Gasteiger partial charge on any atom is -0.453 e. The zero-order valence-electron chi connectivity index (χ0n) is 15.2. The number of rotatable bonds is 3. The van der Waals surface area contributed by atoms with Gasteiger partial charge in [0.25, 0.3) is 0 Å². The van der Waals surface area contributed by atoms with Crippen LogP contribution in [0.3, 0.4) is 0 Å². The number of aromatic nitrogens is 2. The molecule has 3 heterocycles. The number of hydrogen-bond acceptors (Lipinski definition) is 3. The number of pyridine rings is 1. The summed E-state index contributed by atoms with van der Waals surface area (Å²) in [4.78, 5) is 18.1. The van der Waals surface area contributed by atoms with Crippen LogP contribution >= 0.6 is 0 Å². The molecule has 5 nitrogen and oxygen atoms in total.